The number of hydrogen-bond donors (Lipinski definition) is 2. The molecule has 0 spiro atoms. The Bertz CT molecular complexity index is 801. The number of carbonyl (C=O) groups is 1. The molecule has 124 valence electrons. The molecular weight excluding hydrogens is 309 g/mol. The van der Waals surface area contributed by atoms with E-state index >= 15 is 0 Å². The molecule has 1 amide bonds. The minimum absolute atomic E-state index is 0.0943. The van der Waals surface area contributed by atoms with E-state index in [9.17, 15) is 14.3 Å². The third-order valence-corrected chi connectivity index (χ3v) is 3.98. The zero-order valence-electron chi connectivity index (χ0n) is 13.3. The third-order valence-electron chi connectivity index (χ3n) is 3.98. The molecule has 2 N–H and O–H groups in total. The second-order valence-electron chi connectivity index (χ2n) is 5.72. The van der Waals surface area contributed by atoms with Crippen molar-refractivity contribution in [3.63, 3.8) is 0 Å². The lowest BCUT2D eigenvalue weighted by Crippen LogP contribution is -2.32. The summed E-state index contributed by atoms with van der Waals surface area (Å²) in [5.74, 6) is -0.171. The van der Waals surface area contributed by atoms with E-state index in [1.165, 1.54) is 18.2 Å². The molecule has 1 unspecified atom stereocenters. The van der Waals surface area contributed by atoms with Crippen LogP contribution in [-0.2, 0) is 4.79 Å². The summed E-state index contributed by atoms with van der Waals surface area (Å²) in [5.41, 5.74) is 2.67. The predicted octanol–water partition coefficient (Wildman–Crippen LogP) is 2.76. The highest BCUT2D eigenvalue weighted by Gasteiger charge is 2.19. The topological polar surface area (TPSA) is 58.6 Å². The summed E-state index contributed by atoms with van der Waals surface area (Å²) in [6.45, 7) is 2.12. The lowest BCUT2D eigenvalue weighted by atomic mass is 10.0. The number of aliphatic hydroxyl groups excluding tert-OH is 1. The fourth-order valence-electron chi connectivity index (χ4n) is 2.65. The molecule has 2 aromatic carbocycles. The smallest absolute Gasteiger partial charge is 0.250 e. The average Bonchev–Trinajstić information content (AvgIpc) is 2.59. The maximum absolute atomic E-state index is 13.3. The first-order valence-electron chi connectivity index (χ1n) is 7.69. The second kappa shape index (κ2) is 6.84. The van der Waals surface area contributed by atoms with Gasteiger partial charge in [0.05, 0.1) is 11.7 Å². The Morgan fingerprint density at radius 2 is 2.12 bits per heavy atom. The van der Waals surface area contributed by atoms with Crippen LogP contribution in [-0.4, -0.2) is 24.2 Å². The van der Waals surface area contributed by atoms with Gasteiger partial charge in [-0.3, -0.25) is 4.79 Å². The van der Waals surface area contributed by atoms with E-state index in [4.69, 9.17) is 4.74 Å². The molecular formula is C19H18FNO3. The summed E-state index contributed by atoms with van der Waals surface area (Å²) in [6, 6.07) is 11.6. The number of fused-ring (bicyclic) bond motifs is 1. The van der Waals surface area contributed by atoms with Gasteiger partial charge in [-0.05, 0) is 42.3 Å². The summed E-state index contributed by atoms with van der Waals surface area (Å²) < 4.78 is 18.7. The molecule has 5 heteroatoms. The Labute approximate surface area is 139 Å². The summed E-state index contributed by atoms with van der Waals surface area (Å²) in [7, 11) is 0. The van der Waals surface area contributed by atoms with Crippen LogP contribution in [0.5, 0.6) is 5.75 Å². The first-order valence-corrected chi connectivity index (χ1v) is 7.69. The molecule has 1 aliphatic heterocycles. The molecule has 2 aromatic rings. The van der Waals surface area contributed by atoms with Crippen LogP contribution < -0.4 is 10.1 Å². The molecule has 0 radical (unpaired) electrons. The highest BCUT2D eigenvalue weighted by atomic mass is 19.1. The Kier molecular flexibility index (Phi) is 4.62. The number of halogens is 1. The maximum atomic E-state index is 13.3. The number of ether oxygens (including phenoxy) is 1. The SMILES string of the molecule is Cc1ccccc1C(O)CNC(=O)C1=Cc2cc(F)ccc2OC1. The van der Waals surface area contributed by atoms with E-state index < -0.39 is 6.10 Å². The predicted molar refractivity (Wildman–Crippen MR) is 89.0 cm³/mol. The minimum atomic E-state index is -0.787. The van der Waals surface area contributed by atoms with Crippen LogP contribution in [0, 0.1) is 12.7 Å². The molecule has 0 aliphatic carbocycles. The van der Waals surface area contributed by atoms with Crippen LogP contribution in [0.1, 0.15) is 22.8 Å². The van der Waals surface area contributed by atoms with Crippen molar-refractivity contribution in [2.45, 2.75) is 13.0 Å². The van der Waals surface area contributed by atoms with Gasteiger partial charge < -0.3 is 15.2 Å². The highest BCUT2D eigenvalue weighted by molar-refractivity contribution is 5.99. The number of aliphatic hydroxyl groups is 1. The van der Waals surface area contributed by atoms with Crippen LogP contribution >= 0.6 is 0 Å². The summed E-state index contributed by atoms with van der Waals surface area (Å²) >= 11 is 0. The number of carbonyl (C=O) groups excluding carboxylic acids is 1. The first-order chi connectivity index (χ1) is 11.5. The van der Waals surface area contributed by atoms with Crippen molar-refractivity contribution in [2.75, 3.05) is 13.2 Å². The molecule has 1 aliphatic rings. The summed E-state index contributed by atoms with van der Waals surface area (Å²) in [6.07, 6.45) is 0.821. The number of hydrogen-bond acceptors (Lipinski definition) is 3. The zero-order valence-corrected chi connectivity index (χ0v) is 13.3. The first kappa shape index (κ1) is 16.2. The summed E-state index contributed by atoms with van der Waals surface area (Å²) in [4.78, 5) is 12.2. The molecule has 0 saturated carbocycles. The monoisotopic (exact) mass is 327 g/mol. The molecule has 0 aromatic heterocycles. The Morgan fingerprint density at radius 3 is 2.92 bits per heavy atom. The largest absolute Gasteiger partial charge is 0.488 e. The van der Waals surface area contributed by atoms with Crippen molar-refractivity contribution in [3.05, 3.63) is 70.5 Å². The minimum Gasteiger partial charge on any atom is -0.488 e. The fourth-order valence-corrected chi connectivity index (χ4v) is 2.65. The number of nitrogens with one attached hydrogen (secondary N) is 1. The number of rotatable bonds is 4. The molecule has 1 atom stereocenters. The zero-order chi connectivity index (χ0) is 17.1. The van der Waals surface area contributed by atoms with E-state index in [0.717, 1.165) is 11.1 Å². The van der Waals surface area contributed by atoms with Crippen molar-refractivity contribution in [1.82, 2.24) is 5.32 Å². The standard InChI is InChI=1S/C19H18FNO3/c1-12-4-2-3-5-16(12)17(22)10-21-19(23)14-8-13-9-15(20)6-7-18(13)24-11-14/h2-9,17,22H,10-11H2,1H3,(H,21,23). The van der Waals surface area contributed by atoms with Gasteiger partial charge in [0.2, 0.25) is 0 Å². The van der Waals surface area contributed by atoms with Crippen molar-refractivity contribution < 1.29 is 19.0 Å². The van der Waals surface area contributed by atoms with Gasteiger partial charge in [-0.1, -0.05) is 24.3 Å². The van der Waals surface area contributed by atoms with E-state index in [1.807, 2.05) is 31.2 Å². The van der Waals surface area contributed by atoms with Gasteiger partial charge in [0.25, 0.3) is 5.91 Å². The van der Waals surface area contributed by atoms with Gasteiger partial charge in [-0.2, -0.15) is 0 Å². The number of aryl methyl sites for hydroxylation is 1. The molecule has 4 nitrogen and oxygen atoms in total. The summed E-state index contributed by atoms with van der Waals surface area (Å²) in [5, 5.41) is 12.9. The molecule has 24 heavy (non-hydrogen) atoms. The lowest BCUT2D eigenvalue weighted by Gasteiger charge is -2.19. The van der Waals surface area contributed by atoms with Gasteiger partial charge >= 0.3 is 0 Å². The van der Waals surface area contributed by atoms with E-state index in [0.29, 0.717) is 16.9 Å². The Morgan fingerprint density at radius 1 is 1.33 bits per heavy atom. The number of amides is 1. The van der Waals surface area contributed by atoms with E-state index in [1.54, 1.807) is 6.08 Å². The Hall–Kier alpha value is -2.66. The van der Waals surface area contributed by atoms with Crippen LogP contribution in [0.2, 0.25) is 0 Å². The van der Waals surface area contributed by atoms with Crippen molar-refractivity contribution >= 4 is 12.0 Å². The van der Waals surface area contributed by atoms with Crippen LogP contribution in [0.4, 0.5) is 4.39 Å². The quantitative estimate of drug-likeness (QED) is 0.908. The van der Waals surface area contributed by atoms with Crippen LogP contribution in [0.3, 0.4) is 0 Å². The van der Waals surface area contributed by atoms with Crippen LogP contribution in [0.25, 0.3) is 6.08 Å². The van der Waals surface area contributed by atoms with Gasteiger partial charge in [0.1, 0.15) is 18.2 Å². The maximum Gasteiger partial charge on any atom is 0.250 e. The lowest BCUT2D eigenvalue weighted by molar-refractivity contribution is -0.118. The normalized spacial score (nSPS) is 14.2. The second-order valence-corrected chi connectivity index (χ2v) is 5.72. The Balaban J connectivity index is 1.67. The van der Waals surface area contributed by atoms with Gasteiger partial charge in [-0.15, -0.1) is 0 Å². The molecule has 0 saturated heterocycles. The van der Waals surface area contributed by atoms with Gasteiger partial charge in [-0.25, -0.2) is 4.39 Å². The molecule has 3 rings (SSSR count). The average molecular weight is 327 g/mol. The molecule has 0 bridgehead atoms. The van der Waals surface area contributed by atoms with Crippen molar-refractivity contribution in [2.24, 2.45) is 0 Å². The van der Waals surface area contributed by atoms with Crippen molar-refractivity contribution in [1.29, 1.82) is 0 Å². The molecule has 0 fully saturated rings. The number of benzene rings is 2. The van der Waals surface area contributed by atoms with E-state index in [-0.39, 0.29) is 24.9 Å². The van der Waals surface area contributed by atoms with Gasteiger partial charge in [0.15, 0.2) is 0 Å². The van der Waals surface area contributed by atoms with Crippen molar-refractivity contribution in [3.8, 4) is 5.75 Å². The molecule has 1 heterocycles. The highest BCUT2D eigenvalue weighted by Crippen LogP contribution is 2.27. The van der Waals surface area contributed by atoms with Gasteiger partial charge in [0, 0.05) is 12.1 Å². The third kappa shape index (κ3) is 3.46. The van der Waals surface area contributed by atoms with E-state index in [2.05, 4.69) is 5.32 Å². The fraction of sp³-hybridized carbons (Fsp3) is 0.211. The van der Waals surface area contributed by atoms with Crippen LogP contribution in [0.15, 0.2) is 48.0 Å².